The zero-order valence-corrected chi connectivity index (χ0v) is 10.9. The first-order valence-corrected chi connectivity index (χ1v) is 6.10. The quantitative estimate of drug-likeness (QED) is 0.676. The predicted octanol–water partition coefficient (Wildman–Crippen LogP) is 1.66. The lowest BCUT2D eigenvalue weighted by Gasteiger charge is -2.06. The van der Waals surface area contributed by atoms with Gasteiger partial charge in [-0.1, -0.05) is 24.3 Å². The maximum atomic E-state index is 11.5. The molecule has 0 fully saturated rings. The first kappa shape index (κ1) is 13.7. The number of nitrogens with zero attached hydrogens (tertiary/aromatic N) is 1. The first-order chi connectivity index (χ1) is 9.56. The Morgan fingerprint density at radius 2 is 2.00 bits per heavy atom. The third-order valence-corrected chi connectivity index (χ3v) is 2.70. The van der Waals surface area contributed by atoms with Crippen LogP contribution in [0.25, 0.3) is 17.0 Å². The van der Waals surface area contributed by atoms with Crippen molar-refractivity contribution in [2.75, 3.05) is 0 Å². The molecule has 5 nitrogen and oxygen atoms in total. The zero-order chi connectivity index (χ0) is 14.5. The maximum absolute atomic E-state index is 11.5. The molecular formula is C15H14N2O3. The van der Waals surface area contributed by atoms with Crippen molar-refractivity contribution in [2.24, 2.45) is 5.73 Å². The molecule has 1 atom stereocenters. The molecule has 0 saturated carbocycles. The van der Waals surface area contributed by atoms with Crippen molar-refractivity contribution in [3.05, 3.63) is 48.2 Å². The third kappa shape index (κ3) is 3.41. The number of amides is 1. The molecule has 0 spiro atoms. The van der Waals surface area contributed by atoms with Crippen LogP contribution < -0.4 is 5.73 Å². The van der Waals surface area contributed by atoms with E-state index in [9.17, 15) is 9.59 Å². The summed E-state index contributed by atoms with van der Waals surface area (Å²) in [5, 5.41) is 1.02. The van der Waals surface area contributed by atoms with Crippen LogP contribution in [0.1, 0.15) is 12.6 Å². The van der Waals surface area contributed by atoms with Gasteiger partial charge in [0.2, 0.25) is 0 Å². The molecule has 1 aromatic heterocycles. The van der Waals surface area contributed by atoms with E-state index in [1.165, 1.54) is 19.1 Å². The fraction of sp³-hybridized carbons (Fsp3) is 0.133. The number of para-hydroxylation sites is 1. The molecule has 1 amide bonds. The number of carbonyl (C=O) groups is 2. The van der Waals surface area contributed by atoms with Crippen LogP contribution >= 0.6 is 0 Å². The Bertz CT molecular complexity index is 680. The molecule has 0 radical (unpaired) electrons. The molecule has 20 heavy (non-hydrogen) atoms. The molecule has 0 saturated heterocycles. The van der Waals surface area contributed by atoms with Gasteiger partial charge in [-0.15, -0.1) is 0 Å². The average molecular weight is 270 g/mol. The van der Waals surface area contributed by atoms with Crippen molar-refractivity contribution in [1.29, 1.82) is 0 Å². The van der Waals surface area contributed by atoms with Crippen LogP contribution in [0.2, 0.25) is 0 Å². The molecule has 2 rings (SSSR count). The minimum Gasteiger partial charge on any atom is -0.449 e. The lowest BCUT2D eigenvalue weighted by Crippen LogP contribution is -2.29. The number of rotatable bonds is 4. The molecule has 0 aliphatic rings. The molecule has 1 heterocycles. The second-order valence-electron chi connectivity index (χ2n) is 4.24. The van der Waals surface area contributed by atoms with Gasteiger partial charge in [-0.2, -0.15) is 0 Å². The Balaban J connectivity index is 2.09. The summed E-state index contributed by atoms with van der Waals surface area (Å²) >= 11 is 0. The molecular weight excluding hydrogens is 256 g/mol. The third-order valence-electron chi connectivity index (χ3n) is 2.70. The van der Waals surface area contributed by atoms with Gasteiger partial charge in [-0.25, -0.2) is 9.78 Å². The van der Waals surface area contributed by atoms with E-state index in [1.807, 2.05) is 30.3 Å². The predicted molar refractivity (Wildman–Crippen MR) is 75.5 cm³/mol. The van der Waals surface area contributed by atoms with Crippen molar-refractivity contribution < 1.29 is 14.3 Å². The fourth-order valence-electron chi connectivity index (χ4n) is 1.60. The van der Waals surface area contributed by atoms with Crippen molar-refractivity contribution in [1.82, 2.24) is 4.98 Å². The van der Waals surface area contributed by atoms with Gasteiger partial charge in [0, 0.05) is 11.5 Å². The Morgan fingerprint density at radius 3 is 2.75 bits per heavy atom. The highest BCUT2D eigenvalue weighted by atomic mass is 16.5. The largest absolute Gasteiger partial charge is 0.449 e. The van der Waals surface area contributed by atoms with Gasteiger partial charge in [0.1, 0.15) is 0 Å². The van der Waals surface area contributed by atoms with Gasteiger partial charge in [-0.3, -0.25) is 4.79 Å². The van der Waals surface area contributed by atoms with Gasteiger partial charge in [0.25, 0.3) is 5.91 Å². The summed E-state index contributed by atoms with van der Waals surface area (Å²) in [5.41, 5.74) is 6.47. The summed E-state index contributed by atoms with van der Waals surface area (Å²) in [6.45, 7) is 1.42. The van der Waals surface area contributed by atoms with Crippen LogP contribution in [0.3, 0.4) is 0 Å². The van der Waals surface area contributed by atoms with Crippen LogP contribution in [0, 0.1) is 0 Å². The van der Waals surface area contributed by atoms with E-state index in [4.69, 9.17) is 10.5 Å². The molecule has 1 aromatic carbocycles. The van der Waals surface area contributed by atoms with Crippen molar-refractivity contribution in [3.8, 4) is 0 Å². The number of esters is 1. The summed E-state index contributed by atoms with van der Waals surface area (Å²) in [4.78, 5) is 26.6. The SMILES string of the molecule is CC(OC(=O)C=Cc1ccc2ccccc2n1)C(N)=O. The Kier molecular flexibility index (Phi) is 4.10. The van der Waals surface area contributed by atoms with Crippen LogP contribution in [0.15, 0.2) is 42.5 Å². The maximum Gasteiger partial charge on any atom is 0.331 e. The number of hydrogen-bond donors (Lipinski definition) is 1. The number of nitrogens with two attached hydrogens (primary N) is 1. The number of hydrogen-bond acceptors (Lipinski definition) is 4. The zero-order valence-electron chi connectivity index (χ0n) is 10.9. The summed E-state index contributed by atoms with van der Waals surface area (Å²) in [7, 11) is 0. The van der Waals surface area contributed by atoms with E-state index in [2.05, 4.69) is 4.98 Å². The minimum atomic E-state index is -0.947. The lowest BCUT2D eigenvalue weighted by molar-refractivity contribution is -0.148. The van der Waals surface area contributed by atoms with E-state index in [-0.39, 0.29) is 0 Å². The molecule has 102 valence electrons. The Hall–Kier alpha value is -2.69. The highest BCUT2D eigenvalue weighted by Gasteiger charge is 2.12. The summed E-state index contributed by atoms with van der Waals surface area (Å²) in [5.74, 6) is -1.32. The number of aromatic nitrogens is 1. The number of primary amides is 1. The normalized spacial score (nSPS) is 12.4. The van der Waals surface area contributed by atoms with Crippen LogP contribution in [0.5, 0.6) is 0 Å². The molecule has 0 aliphatic carbocycles. The van der Waals surface area contributed by atoms with E-state index in [1.54, 1.807) is 6.07 Å². The van der Waals surface area contributed by atoms with E-state index >= 15 is 0 Å². The topological polar surface area (TPSA) is 82.3 Å². The highest BCUT2D eigenvalue weighted by molar-refractivity contribution is 5.90. The number of fused-ring (bicyclic) bond motifs is 1. The minimum absolute atomic E-state index is 0.632. The first-order valence-electron chi connectivity index (χ1n) is 6.10. The van der Waals surface area contributed by atoms with E-state index in [0.717, 1.165) is 10.9 Å². The van der Waals surface area contributed by atoms with E-state index < -0.39 is 18.0 Å². The summed E-state index contributed by atoms with van der Waals surface area (Å²) < 4.78 is 4.79. The number of ether oxygens (including phenoxy) is 1. The van der Waals surface area contributed by atoms with Crippen molar-refractivity contribution >= 4 is 28.9 Å². The number of carbonyl (C=O) groups excluding carboxylic acids is 2. The molecule has 1 unspecified atom stereocenters. The van der Waals surface area contributed by atoms with Crippen LogP contribution in [-0.2, 0) is 14.3 Å². The molecule has 2 N–H and O–H groups in total. The van der Waals surface area contributed by atoms with Gasteiger partial charge < -0.3 is 10.5 Å². The molecule has 2 aromatic rings. The number of benzene rings is 1. The number of pyridine rings is 1. The van der Waals surface area contributed by atoms with Gasteiger partial charge in [-0.05, 0) is 25.1 Å². The van der Waals surface area contributed by atoms with Gasteiger partial charge in [0.15, 0.2) is 6.10 Å². The van der Waals surface area contributed by atoms with E-state index in [0.29, 0.717) is 5.69 Å². The van der Waals surface area contributed by atoms with Gasteiger partial charge in [0.05, 0.1) is 11.2 Å². The Morgan fingerprint density at radius 1 is 1.25 bits per heavy atom. The standard InChI is InChI=1S/C15H14N2O3/c1-10(15(16)19)20-14(18)9-8-12-7-6-11-4-2-3-5-13(11)17-12/h2-10H,1H3,(H2,16,19). The fourth-order valence-corrected chi connectivity index (χ4v) is 1.60. The van der Waals surface area contributed by atoms with Crippen molar-refractivity contribution in [3.63, 3.8) is 0 Å². The second-order valence-corrected chi connectivity index (χ2v) is 4.24. The molecule has 0 aliphatic heterocycles. The van der Waals surface area contributed by atoms with Crippen molar-refractivity contribution in [2.45, 2.75) is 13.0 Å². The smallest absolute Gasteiger partial charge is 0.331 e. The molecule has 0 bridgehead atoms. The molecule has 5 heteroatoms. The van der Waals surface area contributed by atoms with Crippen LogP contribution in [0.4, 0.5) is 0 Å². The summed E-state index contributed by atoms with van der Waals surface area (Å²) in [6.07, 6.45) is 1.80. The highest BCUT2D eigenvalue weighted by Crippen LogP contribution is 2.12. The monoisotopic (exact) mass is 270 g/mol. The summed E-state index contributed by atoms with van der Waals surface area (Å²) in [6, 6.07) is 11.4. The Labute approximate surface area is 116 Å². The second kappa shape index (κ2) is 5.97. The lowest BCUT2D eigenvalue weighted by atomic mass is 10.2. The van der Waals surface area contributed by atoms with Crippen LogP contribution in [-0.4, -0.2) is 23.0 Å². The van der Waals surface area contributed by atoms with Gasteiger partial charge >= 0.3 is 5.97 Å². The average Bonchev–Trinajstić information content (AvgIpc) is 2.44.